The molecule has 2 aromatic heterocycles. The van der Waals surface area contributed by atoms with Crippen molar-refractivity contribution in [2.45, 2.75) is 44.5 Å². The quantitative estimate of drug-likeness (QED) is 0.655. The summed E-state index contributed by atoms with van der Waals surface area (Å²) in [5, 5.41) is 7.13. The van der Waals surface area contributed by atoms with Crippen molar-refractivity contribution >= 4 is 23.5 Å². The van der Waals surface area contributed by atoms with Gasteiger partial charge in [-0.3, -0.25) is 9.36 Å². The van der Waals surface area contributed by atoms with Crippen LogP contribution in [-0.2, 0) is 4.79 Å². The van der Waals surface area contributed by atoms with Gasteiger partial charge in [-0.05, 0) is 44.4 Å². The average Bonchev–Trinajstić information content (AvgIpc) is 3.24. The van der Waals surface area contributed by atoms with Crippen LogP contribution in [0, 0.1) is 20.8 Å². The molecule has 26 heavy (non-hydrogen) atoms. The van der Waals surface area contributed by atoms with Crippen molar-refractivity contribution in [1.29, 1.82) is 0 Å². The molecule has 1 amide bonds. The monoisotopic (exact) mass is 370 g/mol. The van der Waals surface area contributed by atoms with E-state index in [0.717, 1.165) is 10.8 Å². The summed E-state index contributed by atoms with van der Waals surface area (Å²) in [6.07, 6.45) is 4.36. The van der Waals surface area contributed by atoms with Gasteiger partial charge in [0.2, 0.25) is 5.91 Å². The fourth-order valence-electron chi connectivity index (χ4n) is 2.64. The first-order valence-electron chi connectivity index (χ1n) is 8.50. The highest BCUT2D eigenvalue weighted by Gasteiger charge is 2.22. The summed E-state index contributed by atoms with van der Waals surface area (Å²) >= 11 is 1.45. The molecule has 1 N–H and O–H groups in total. The molecule has 0 spiro atoms. The average molecular weight is 370 g/mol. The highest BCUT2D eigenvalue weighted by atomic mass is 32.2. The molecular formula is C19H22N4O2S. The summed E-state index contributed by atoms with van der Waals surface area (Å²) in [6.45, 7) is 7.95. The molecule has 0 radical (unpaired) electrons. The Morgan fingerprint density at radius 2 is 2.15 bits per heavy atom. The molecule has 0 aliphatic rings. The second kappa shape index (κ2) is 7.78. The zero-order chi connectivity index (χ0) is 18.7. The summed E-state index contributed by atoms with van der Waals surface area (Å²) in [6, 6.07) is 7.88. The summed E-state index contributed by atoms with van der Waals surface area (Å²) in [4.78, 5) is 17.1. The van der Waals surface area contributed by atoms with Gasteiger partial charge in [-0.25, -0.2) is 4.98 Å². The minimum absolute atomic E-state index is 0.110. The van der Waals surface area contributed by atoms with Crippen molar-refractivity contribution in [2.75, 3.05) is 5.32 Å². The van der Waals surface area contributed by atoms with Crippen LogP contribution in [0.5, 0.6) is 0 Å². The lowest BCUT2D eigenvalue weighted by molar-refractivity contribution is -0.115. The van der Waals surface area contributed by atoms with Gasteiger partial charge >= 0.3 is 0 Å². The molecule has 0 saturated heterocycles. The number of imidazole rings is 1. The van der Waals surface area contributed by atoms with E-state index < -0.39 is 0 Å². The number of aromatic nitrogens is 3. The summed E-state index contributed by atoms with van der Waals surface area (Å²) in [5.41, 5.74) is 3.49. The van der Waals surface area contributed by atoms with E-state index in [0.29, 0.717) is 18.0 Å². The van der Waals surface area contributed by atoms with Crippen molar-refractivity contribution in [3.05, 3.63) is 53.5 Å². The van der Waals surface area contributed by atoms with Crippen LogP contribution in [0.2, 0.25) is 0 Å². The number of thioether (sulfide) groups is 1. The van der Waals surface area contributed by atoms with Crippen LogP contribution in [0.15, 0.2) is 46.3 Å². The first-order valence-corrected chi connectivity index (χ1v) is 9.38. The van der Waals surface area contributed by atoms with Gasteiger partial charge in [-0.1, -0.05) is 36.0 Å². The van der Waals surface area contributed by atoms with Gasteiger partial charge in [0.15, 0.2) is 11.0 Å². The van der Waals surface area contributed by atoms with Crippen LogP contribution in [-0.4, -0.2) is 25.9 Å². The highest BCUT2D eigenvalue weighted by Crippen LogP contribution is 2.29. The number of nitrogens with one attached hydrogen (secondary N) is 1. The van der Waals surface area contributed by atoms with Crippen molar-refractivity contribution in [3.63, 3.8) is 0 Å². The van der Waals surface area contributed by atoms with Gasteiger partial charge in [-0.15, -0.1) is 0 Å². The van der Waals surface area contributed by atoms with Crippen LogP contribution >= 0.6 is 11.8 Å². The number of anilines is 1. The fourth-order valence-corrected chi connectivity index (χ4v) is 3.62. The van der Waals surface area contributed by atoms with Gasteiger partial charge in [0.05, 0.1) is 10.9 Å². The van der Waals surface area contributed by atoms with E-state index in [1.807, 2.05) is 23.8 Å². The lowest BCUT2D eigenvalue weighted by Crippen LogP contribution is -2.25. The Hall–Kier alpha value is -2.54. The van der Waals surface area contributed by atoms with E-state index in [2.05, 4.69) is 41.4 Å². The third kappa shape index (κ3) is 3.83. The summed E-state index contributed by atoms with van der Waals surface area (Å²) < 4.78 is 7.03. The maximum Gasteiger partial charge on any atom is 0.239 e. The van der Waals surface area contributed by atoms with Gasteiger partial charge in [-0.2, -0.15) is 0 Å². The van der Waals surface area contributed by atoms with Gasteiger partial charge in [0.1, 0.15) is 5.76 Å². The SMILES string of the molecule is CCC(Sc1nccn1-c1cccc(C)c1C)C(=O)Nc1cc(C)on1. The van der Waals surface area contributed by atoms with Crippen LogP contribution in [0.25, 0.3) is 5.69 Å². The smallest absolute Gasteiger partial charge is 0.239 e. The summed E-state index contributed by atoms with van der Waals surface area (Å²) in [7, 11) is 0. The molecule has 7 heteroatoms. The molecule has 3 aromatic rings. The minimum atomic E-state index is -0.279. The molecule has 0 fully saturated rings. The predicted octanol–water partition coefficient (Wildman–Crippen LogP) is 4.29. The Balaban J connectivity index is 1.80. The Morgan fingerprint density at radius 1 is 1.35 bits per heavy atom. The number of rotatable bonds is 6. The molecule has 0 bridgehead atoms. The molecule has 1 aromatic carbocycles. The first kappa shape index (κ1) is 18.3. The zero-order valence-corrected chi connectivity index (χ0v) is 16.1. The fraction of sp³-hybridized carbons (Fsp3) is 0.316. The Kier molecular flexibility index (Phi) is 5.46. The maximum absolute atomic E-state index is 12.6. The Labute approximate surface area is 157 Å². The van der Waals surface area contributed by atoms with Crippen LogP contribution < -0.4 is 5.32 Å². The second-order valence-electron chi connectivity index (χ2n) is 6.13. The summed E-state index contributed by atoms with van der Waals surface area (Å²) in [5.74, 6) is 0.984. The Morgan fingerprint density at radius 3 is 2.85 bits per heavy atom. The standard InChI is InChI=1S/C19H22N4O2S/c1-5-16(18(24)21-17-11-13(3)25-22-17)26-19-20-9-10-23(19)15-8-6-7-12(2)14(15)4/h6-11,16H,5H2,1-4H3,(H,21,22,24). The second-order valence-corrected chi connectivity index (χ2v) is 7.30. The van der Waals surface area contributed by atoms with Crippen molar-refractivity contribution in [2.24, 2.45) is 0 Å². The number of benzene rings is 1. The maximum atomic E-state index is 12.6. The molecule has 0 aliphatic heterocycles. The van der Waals surface area contributed by atoms with Gasteiger partial charge < -0.3 is 9.84 Å². The van der Waals surface area contributed by atoms with E-state index in [9.17, 15) is 4.79 Å². The highest BCUT2D eigenvalue weighted by molar-refractivity contribution is 8.00. The van der Waals surface area contributed by atoms with E-state index in [1.165, 1.54) is 22.9 Å². The normalized spacial score (nSPS) is 12.2. The minimum Gasteiger partial charge on any atom is -0.360 e. The van der Waals surface area contributed by atoms with Crippen LogP contribution in [0.4, 0.5) is 5.82 Å². The van der Waals surface area contributed by atoms with Crippen molar-refractivity contribution in [1.82, 2.24) is 14.7 Å². The number of hydrogen-bond acceptors (Lipinski definition) is 5. The van der Waals surface area contributed by atoms with E-state index in [1.54, 1.807) is 19.2 Å². The predicted molar refractivity (Wildman–Crippen MR) is 103 cm³/mol. The number of nitrogens with zero attached hydrogens (tertiary/aromatic N) is 3. The molecule has 6 nitrogen and oxygen atoms in total. The van der Waals surface area contributed by atoms with Crippen molar-refractivity contribution in [3.8, 4) is 5.69 Å². The third-order valence-electron chi connectivity index (χ3n) is 4.23. The first-order chi connectivity index (χ1) is 12.5. The Bertz CT molecular complexity index is 916. The van der Waals surface area contributed by atoms with E-state index >= 15 is 0 Å². The van der Waals surface area contributed by atoms with Crippen molar-refractivity contribution < 1.29 is 9.32 Å². The van der Waals surface area contributed by atoms with Crippen LogP contribution in [0.3, 0.4) is 0 Å². The molecule has 1 unspecified atom stereocenters. The molecule has 136 valence electrons. The largest absolute Gasteiger partial charge is 0.360 e. The molecule has 0 saturated carbocycles. The third-order valence-corrected chi connectivity index (χ3v) is 5.58. The lowest BCUT2D eigenvalue weighted by Gasteiger charge is -2.16. The van der Waals surface area contributed by atoms with Crippen LogP contribution in [0.1, 0.15) is 30.2 Å². The zero-order valence-electron chi connectivity index (χ0n) is 15.3. The van der Waals surface area contributed by atoms with Gasteiger partial charge in [0, 0.05) is 18.5 Å². The molecule has 0 aliphatic carbocycles. The molecule has 1 atom stereocenters. The number of hydrogen-bond donors (Lipinski definition) is 1. The lowest BCUT2D eigenvalue weighted by atomic mass is 10.1. The van der Waals surface area contributed by atoms with E-state index in [-0.39, 0.29) is 11.2 Å². The molecular weight excluding hydrogens is 348 g/mol. The molecule has 3 rings (SSSR count). The molecule has 2 heterocycles. The number of carbonyl (C=O) groups excluding carboxylic acids is 1. The van der Waals surface area contributed by atoms with Gasteiger partial charge in [0.25, 0.3) is 0 Å². The topological polar surface area (TPSA) is 73.0 Å². The van der Waals surface area contributed by atoms with E-state index in [4.69, 9.17) is 4.52 Å². The number of aryl methyl sites for hydroxylation is 2. The number of carbonyl (C=O) groups is 1. The number of amides is 1.